The van der Waals surface area contributed by atoms with Crippen LogP contribution in [0, 0.1) is 0 Å². The van der Waals surface area contributed by atoms with Gasteiger partial charge in [0.05, 0.1) is 19.3 Å². The molecule has 0 spiro atoms. The number of rotatable bonds is 4. The van der Waals surface area contributed by atoms with Crippen LogP contribution in [0.1, 0.15) is 27.6 Å². The maximum Gasteiger partial charge on any atom is 0.337 e. The zero-order chi connectivity index (χ0) is 12.0. The first-order valence-electron chi connectivity index (χ1n) is 4.79. The summed E-state index contributed by atoms with van der Waals surface area (Å²) in [6, 6.07) is 6.21. The predicted octanol–water partition coefficient (Wildman–Crippen LogP) is 1.15. The number of benzene rings is 1. The normalized spacial score (nSPS) is 9.62. The minimum atomic E-state index is -0.481. The molecule has 0 radical (unpaired) electrons. The molecule has 0 aliphatic rings. The van der Waals surface area contributed by atoms with E-state index < -0.39 is 11.9 Å². The Morgan fingerprint density at radius 3 is 2.62 bits per heavy atom. The summed E-state index contributed by atoms with van der Waals surface area (Å²) in [6.07, 6.45) is 0. The van der Waals surface area contributed by atoms with Crippen LogP contribution in [0.15, 0.2) is 24.3 Å². The van der Waals surface area contributed by atoms with E-state index >= 15 is 0 Å². The Labute approximate surface area is 93.3 Å². The van der Waals surface area contributed by atoms with Crippen LogP contribution in [-0.2, 0) is 9.57 Å². The van der Waals surface area contributed by atoms with E-state index in [-0.39, 0.29) is 0 Å². The summed E-state index contributed by atoms with van der Waals surface area (Å²) in [7, 11) is 1.29. The number of carbonyl (C=O) groups excluding carboxylic acids is 2. The average Bonchev–Trinajstić information content (AvgIpc) is 2.35. The first-order chi connectivity index (χ1) is 7.69. The SMILES string of the molecule is CCONC(=O)c1cccc(C(=O)OC)c1. The molecule has 0 aliphatic heterocycles. The number of ether oxygens (including phenoxy) is 1. The van der Waals surface area contributed by atoms with Gasteiger partial charge in [0.15, 0.2) is 0 Å². The predicted molar refractivity (Wildman–Crippen MR) is 56.9 cm³/mol. The lowest BCUT2D eigenvalue weighted by Gasteiger charge is -2.05. The number of nitrogens with one attached hydrogen (secondary N) is 1. The van der Waals surface area contributed by atoms with Crippen LogP contribution in [0.4, 0.5) is 0 Å². The van der Waals surface area contributed by atoms with E-state index in [4.69, 9.17) is 4.84 Å². The van der Waals surface area contributed by atoms with E-state index in [2.05, 4.69) is 10.2 Å². The van der Waals surface area contributed by atoms with Gasteiger partial charge < -0.3 is 4.74 Å². The van der Waals surface area contributed by atoms with Crippen molar-refractivity contribution in [2.24, 2.45) is 0 Å². The topological polar surface area (TPSA) is 64.6 Å². The van der Waals surface area contributed by atoms with Crippen molar-refractivity contribution in [1.29, 1.82) is 0 Å². The molecule has 1 amide bonds. The molecule has 0 saturated carbocycles. The Hall–Kier alpha value is -1.88. The quantitative estimate of drug-likeness (QED) is 0.614. The zero-order valence-electron chi connectivity index (χ0n) is 9.15. The third-order valence-corrected chi connectivity index (χ3v) is 1.86. The van der Waals surface area contributed by atoms with Gasteiger partial charge in [0.1, 0.15) is 0 Å². The lowest BCUT2D eigenvalue weighted by Crippen LogP contribution is -2.23. The molecule has 1 N–H and O–H groups in total. The van der Waals surface area contributed by atoms with Crippen LogP contribution in [0.5, 0.6) is 0 Å². The molecule has 1 rings (SSSR count). The molecule has 0 heterocycles. The second kappa shape index (κ2) is 5.87. The van der Waals surface area contributed by atoms with Gasteiger partial charge in [-0.1, -0.05) is 6.07 Å². The van der Waals surface area contributed by atoms with Crippen LogP contribution < -0.4 is 5.48 Å². The number of amides is 1. The van der Waals surface area contributed by atoms with Gasteiger partial charge in [-0.05, 0) is 25.1 Å². The Balaban J connectivity index is 2.81. The van der Waals surface area contributed by atoms with Crippen LogP contribution in [0.2, 0.25) is 0 Å². The summed E-state index contributed by atoms with van der Waals surface area (Å²) in [4.78, 5) is 27.5. The van der Waals surface area contributed by atoms with Gasteiger partial charge in [-0.15, -0.1) is 0 Å². The molecule has 0 fully saturated rings. The molecule has 0 aliphatic carbocycles. The Morgan fingerprint density at radius 2 is 2.00 bits per heavy atom. The molecule has 16 heavy (non-hydrogen) atoms. The van der Waals surface area contributed by atoms with E-state index in [0.29, 0.717) is 17.7 Å². The summed E-state index contributed by atoms with van der Waals surface area (Å²) in [5, 5.41) is 0. The fourth-order valence-corrected chi connectivity index (χ4v) is 1.10. The standard InChI is InChI=1S/C11H13NO4/c1-3-16-12-10(13)8-5-4-6-9(7-8)11(14)15-2/h4-7H,3H2,1-2H3,(H,12,13). The van der Waals surface area contributed by atoms with Crippen molar-refractivity contribution in [3.63, 3.8) is 0 Å². The molecule has 0 unspecified atom stereocenters. The van der Waals surface area contributed by atoms with Gasteiger partial charge in [-0.3, -0.25) is 9.63 Å². The largest absolute Gasteiger partial charge is 0.465 e. The maximum atomic E-state index is 11.5. The molecule has 1 aromatic rings. The van der Waals surface area contributed by atoms with Crippen LogP contribution in [0.3, 0.4) is 0 Å². The average molecular weight is 223 g/mol. The van der Waals surface area contributed by atoms with Gasteiger partial charge in [0, 0.05) is 5.56 Å². The highest BCUT2D eigenvalue weighted by atomic mass is 16.6. The molecule has 0 bridgehead atoms. The summed E-state index contributed by atoms with van der Waals surface area (Å²) >= 11 is 0. The van der Waals surface area contributed by atoms with Crippen molar-refractivity contribution in [3.05, 3.63) is 35.4 Å². The molecular formula is C11H13NO4. The van der Waals surface area contributed by atoms with Crippen molar-refractivity contribution in [2.45, 2.75) is 6.92 Å². The summed E-state index contributed by atoms with van der Waals surface area (Å²) < 4.78 is 4.55. The van der Waals surface area contributed by atoms with Crippen molar-refractivity contribution < 1.29 is 19.2 Å². The molecule has 0 aromatic heterocycles. The molecule has 5 heteroatoms. The van der Waals surface area contributed by atoms with Crippen LogP contribution in [0.25, 0.3) is 0 Å². The molecule has 5 nitrogen and oxygen atoms in total. The van der Waals surface area contributed by atoms with E-state index in [1.807, 2.05) is 0 Å². The maximum absolute atomic E-state index is 11.5. The Kier molecular flexibility index (Phi) is 4.47. The number of hydrogen-bond donors (Lipinski definition) is 1. The monoisotopic (exact) mass is 223 g/mol. The highest BCUT2D eigenvalue weighted by Gasteiger charge is 2.10. The number of esters is 1. The Morgan fingerprint density at radius 1 is 1.31 bits per heavy atom. The zero-order valence-corrected chi connectivity index (χ0v) is 9.15. The molecule has 0 saturated heterocycles. The fraction of sp³-hybridized carbons (Fsp3) is 0.273. The lowest BCUT2D eigenvalue weighted by atomic mass is 10.1. The van der Waals surface area contributed by atoms with Crippen molar-refractivity contribution in [1.82, 2.24) is 5.48 Å². The minimum absolute atomic E-state index is 0.326. The molecule has 1 aromatic carbocycles. The van der Waals surface area contributed by atoms with Gasteiger partial charge in [-0.25, -0.2) is 10.3 Å². The van der Waals surface area contributed by atoms with Crippen LogP contribution >= 0.6 is 0 Å². The van der Waals surface area contributed by atoms with E-state index in [0.717, 1.165) is 0 Å². The van der Waals surface area contributed by atoms with Crippen molar-refractivity contribution >= 4 is 11.9 Å². The third-order valence-electron chi connectivity index (χ3n) is 1.86. The first kappa shape index (κ1) is 12.2. The molecule has 0 atom stereocenters. The summed E-state index contributed by atoms with van der Waals surface area (Å²) in [5.74, 6) is -0.876. The van der Waals surface area contributed by atoms with Crippen molar-refractivity contribution in [3.8, 4) is 0 Å². The number of hydrogen-bond acceptors (Lipinski definition) is 4. The second-order valence-corrected chi connectivity index (χ2v) is 2.94. The highest BCUT2D eigenvalue weighted by Crippen LogP contribution is 2.06. The van der Waals surface area contributed by atoms with Gasteiger partial charge in [-0.2, -0.15) is 0 Å². The molecule has 86 valence electrons. The lowest BCUT2D eigenvalue weighted by molar-refractivity contribution is 0.0364. The second-order valence-electron chi connectivity index (χ2n) is 2.94. The first-order valence-corrected chi connectivity index (χ1v) is 4.79. The van der Waals surface area contributed by atoms with Gasteiger partial charge >= 0.3 is 5.97 Å². The number of hydroxylamine groups is 1. The number of methoxy groups -OCH3 is 1. The molecular weight excluding hydrogens is 210 g/mol. The van der Waals surface area contributed by atoms with E-state index in [1.165, 1.54) is 13.2 Å². The summed E-state index contributed by atoms with van der Waals surface area (Å²) in [6.45, 7) is 2.13. The van der Waals surface area contributed by atoms with Gasteiger partial charge in [0.2, 0.25) is 0 Å². The van der Waals surface area contributed by atoms with Gasteiger partial charge in [0.25, 0.3) is 5.91 Å². The summed E-state index contributed by atoms with van der Waals surface area (Å²) in [5.41, 5.74) is 2.91. The fourth-order valence-electron chi connectivity index (χ4n) is 1.10. The Bertz CT molecular complexity index is 389. The highest BCUT2D eigenvalue weighted by molar-refractivity contribution is 5.97. The van der Waals surface area contributed by atoms with Crippen LogP contribution in [-0.4, -0.2) is 25.6 Å². The van der Waals surface area contributed by atoms with E-state index in [1.54, 1.807) is 25.1 Å². The van der Waals surface area contributed by atoms with Crippen molar-refractivity contribution in [2.75, 3.05) is 13.7 Å². The smallest absolute Gasteiger partial charge is 0.337 e. The van der Waals surface area contributed by atoms with E-state index in [9.17, 15) is 9.59 Å². The third kappa shape index (κ3) is 3.06. The minimum Gasteiger partial charge on any atom is -0.465 e. The number of carbonyl (C=O) groups is 2.